The first-order chi connectivity index (χ1) is 11.2. The van der Waals surface area contributed by atoms with Crippen molar-refractivity contribution in [3.63, 3.8) is 0 Å². The minimum atomic E-state index is -0.230. The molecule has 2 heterocycles. The third-order valence-corrected chi connectivity index (χ3v) is 5.10. The van der Waals surface area contributed by atoms with Gasteiger partial charge in [-0.2, -0.15) is 0 Å². The first kappa shape index (κ1) is 13.1. The Labute approximate surface area is 137 Å². The summed E-state index contributed by atoms with van der Waals surface area (Å²) >= 11 is 5.99. The van der Waals surface area contributed by atoms with Gasteiger partial charge in [0.15, 0.2) is 6.10 Å². The largest absolute Gasteiger partial charge is 0.854 e. The number of hydrogen-bond acceptors (Lipinski definition) is 3. The highest BCUT2D eigenvalue weighted by molar-refractivity contribution is 6.30. The zero-order chi connectivity index (χ0) is 15.6. The van der Waals surface area contributed by atoms with E-state index in [1.54, 1.807) is 6.07 Å². The van der Waals surface area contributed by atoms with Crippen molar-refractivity contribution in [2.75, 3.05) is 0 Å². The van der Waals surface area contributed by atoms with E-state index in [-0.39, 0.29) is 17.5 Å². The van der Waals surface area contributed by atoms with E-state index in [2.05, 4.69) is 5.10 Å². The lowest BCUT2D eigenvalue weighted by Gasteiger charge is -2.12. The van der Waals surface area contributed by atoms with Gasteiger partial charge in [-0.05, 0) is 33.5 Å². The van der Waals surface area contributed by atoms with Gasteiger partial charge < -0.3 is 9.84 Å². The van der Waals surface area contributed by atoms with Gasteiger partial charge in [0.2, 0.25) is 5.54 Å². The SMILES string of the molecule is [O-]c1n[n+]2c(c3ccccc13)OC(c1ccc(Cl)cc1)C21CC1. The molecule has 1 saturated carbocycles. The zero-order valence-corrected chi connectivity index (χ0v) is 13.0. The standard InChI is InChI=1S/C18H13ClN2O2/c19-12-7-5-11(6-8-12)15-18(9-10-18)21-17(23-15)14-4-2-1-3-13(14)16(22)20-21/h1-8,15H,9-10H2. The minimum absolute atomic E-state index is 0.127. The number of rotatable bonds is 1. The van der Waals surface area contributed by atoms with Crippen LogP contribution in [0.3, 0.4) is 0 Å². The molecular formula is C18H13ClN2O2. The van der Waals surface area contributed by atoms with Crippen molar-refractivity contribution in [2.45, 2.75) is 24.5 Å². The number of hydrogen-bond donors (Lipinski definition) is 0. The van der Waals surface area contributed by atoms with Gasteiger partial charge in [-0.15, -0.1) is 0 Å². The number of aromatic nitrogens is 2. The van der Waals surface area contributed by atoms with Crippen LogP contribution in [0.15, 0.2) is 48.5 Å². The molecule has 3 aromatic rings. The van der Waals surface area contributed by atoms with Crippen LogP contribution in [-0.4, -0.2) is 5.10 Å². The predicted molar refractivity (Wildman–Crippen MR) is 83.4 cm³/mol. The predicted octanol–water partition coefficient (Wildman–Crippen LogP) is 2.87. The van der Waals surface area contributed by atoms with Crippen molar-refractivity contribution in [3.8, 4) is 11.8 Å². The van der Waals surface area contributed by atoms with E-state index in [0.29, 0.717) is 16.3 Å². The summed E-state index contributed by atoms with van der Waals surface area (Å²) in [5.41, 5.74) is 0.834. The Morgan fingerprint density at radius 1 is 1.09 bits per heavy atom. The Kier molecular flexibility index (Phi) is 2.49. The number of halogens is 1. The average Bonchev–Trinajstić information content (AvgIpc) is 3.30. The van der Waals surface area contributed by atoms with Crippen molar-refractivity contribution in [1.82, 2.24) is 5.10 Å². The van der Waals surface area contributed by atoms with Crippen LogP contribution in [0.5, 0.6) is 11.8 Å². The van der Waals surface area contributed by atoms with Gasteiger partial charge in [-0.1, -0.05) is 41.9 Å². The van der Waals surface area contributed by atoms with E-state index in [1.807, 2.05) is 47.1 Å². The number of ether oxygens (including phenoxy) is 1. The maximum absolute atomic E-state index is 12.3. The molecule has 1 unspecified atom stereocenters. The fraction of sp³-hybridized carbons (Fsp3) is 0.222. The molecule has 23 heavy (non-hydrogen) atoms. The first-order valence-corrected chi connectivity index (χ1v) is 8.01. The van der Waals surface area contributed by atoms with E-state index >= 15 is 0 Å². The van der Waals surface area contributed by atoms with E-state index in [9.17, 15) is 5.11 Å². The molecule has 2 aromatic carbocycles. The Morgan fingerprint density at radius 3 is 2.48 bits per heavy atom. The summed E-state index contributed by atoms with van der Waals surface area (Å²) in [6, 6.07) is 15.2. The van der Waals surface area contributed by atoms with Crippen molar-refractivity contribution < 1.29 is 14.5 Å². The third kappa shape index (κ3) is 1.72. The Bertz CT molecular complexity index is 936. The van der Waals surface area contributed by atoms with Crippen molar-refractivity contribution in [2.24, 2.45) is 0 Å². The molecule has 0 bridgehead atoms. The van der Waals surface area contributed by atoms with E-state index < -0.39 is 0 Å². The lowest BCUT2D eigenvalue weighted by atomic mass is 10.0. The number of nitrogens with zero attached hydrogens (tertiary/aromatic N) is 2. The van der Waals surface area contributed by atoms with Crippen molar-refractivity contribution >= 4 is 22.4 Å². The monoisotopic (exact) mass is 324 g/mol. The van der Waals surface area contributed by atoms with Crippen LogP contribution in [0, 0.1) is 0 Å². The van der Waals surface area contributed by atoms with E-state index in [1.165, 1.54) is 0 Å². The Balaban J connectivity index is 1.72. The lowest BCUT2D eigenvalue weighted by Crippen LogP contribution is -2.48. The van der Waals surface area contributed by atoms with Gasteiger partial charge in [0, 0.05) is 23.3 Å². The summed E-state index contributed by atoms with van der Waals surface area (Å²) < 4.78 is 8.11. The molecule has 0 amide bonds. The van der Waals surface area contributed by atoms with Gasteiger partial charge >= 0.3 is 5.88 Å². The normalized spacial score (nSPS) is 20.5. The van der Waals surface area contributed by atoms with Gasteiger partial charge in [0.1, 0.15) is 0 Å². The summed E-state index contributed by atoms with van der Waals surface area (Å²) in [7, 11) is 0. The summed E-state index contributed by atoms with van der Waals surface area (Å²) in [4.78, 5) is 0. The molecule has 1 fully saturated rings. The molecule has 1 aromatic heterocycles. The van der Waals surface area contributed by atoms with Crippen LogP contribution in [0.4, 0.5) is 0 Å². The molecule has 1 aliphatic carbocycles. The minimum Gasteiger partial charge on any atom is -0.854 e. The fourth-order valence-electron chi connectivity index (χ4n) is 3.53. The van der Waals surface area contributed by atoms with Crippen molar-refractivity contribution in [3.05, 3.63) is 59.1 Å². The average molecular weight is 325 g/mol. The van der Waals surface area contributed by atoms with Gasteiger partial charge in [0.05, 0.1) is 11.3 Å². The van der Waals surface area contributed by atoms with Crippen LogP contribution in [0.2, 0.25) is 5.02 Å². The Hall–Kier alpha value is -2.33. The summed E-state index contributed by atoms with van der Waals surface area (Å²) in [6.45, 7) is 0. The maximum atomic E-state index is 12.3. The van der Waals surface area contributed by atoms with Gasteiger partial charge in [0.25, 0.3) is 0 Å². The molecule has 0 N–H and O–H groups in total. The smallest absolute Gasteiger partial charge is 0.403 e. The molecule has 5 heteroatoms. The van der Waals surface area contributed by atoms with Gasteiger partial charge in [-0.25, -0.2) is 0 Å². The van der Waals surface area contributed by atoms with Crippen LogP contribution >= 0.6 is 11.6 Å². The fourth-order valence-corrected chi connectivity index (χ4v) is 3.65. The summed E-state index contributed by atoms with van der Waals surface area (Å²) in [6.07, 6.45) is 1.79. The molecule has 0 radical (unpaired) electrons. The molecule has 5 rings (SSSR count). The lowest BCUT2D eigenvalue weighted by molar-refractivity contribution is -0.780. The Morgan fingerprint density at radius 2 is 1.78 bits per heavy atom. The summed E-state index contributed by atoms with van der Waals surface area (Å²) in [5, 5.41) is 18.8. The maximum Gasteiger partial charge on any atom is 0.403 e. The molecule has 1 atom stereocenters. The van der Waals surface area contributed by atoms with Crippen molar-refractivity contribution in [1.29, 1.82) is 0 Å². The quantitative estimate of drug-likeness (QED) is 0.647. The molecular weight excluding hydrogens is 312 g/mol. The van der Waals surface area contributed by atoms with E-state index in [4.69, 9.17) is 16.3 Å². The molecule has 0 saturated heterocycles. The third-order valence-electron chi connectivity index (χ3n) is 4.85. The van der Waals surface area contributed by atoms with Gasteiger partial charge in [-0.3, -0.25) is 0 Å². The highest BCUT2D eigenvalue weighted by Gasteiger charge is 2.68. The highest BCUT2D eigenvalue weighted by Crippen LogP contribution is 2.55. The molecule has 114 valence electrons. The van der Waals surface area contributed by atoms with E-state index in [0.717, 1.165) is 23.8 Å². The molecule has 2 aliphatic rings. The number of benzene rings is 2. The second-order valence-electron chi connectivity index (χ2n) is 6.22. The van der Waals surface area contributed by atoms with Crippen LogP contribution in [0.25, 0.3) is 10.8 Å². The topological polar surface area (TPSA) is 49.1 Å². The highest BCUT2D eigenvalue weighted by atomic mass is 35.5. The summed E-state index contributed by atoms with van der Waals surface area (Å²) in [5.74, 6) is 0.494. The molecule has 1 spiro atoms. The van der Waals surface area contributed by atoms with Crippen LogP contribution < -0.4 is 14.5 Å². The first-order valence-electron chi connectivity index (χ1n) is 7.64. The molecule has 1 aliphatic heterocycles. The molecule has 4 nitrogen and oxygen atoms in total. The second-order valence-corrected chi connectivity index (χ2v) is 6.66. The number of fused-ring (bicyclic) bond motifs is 4. The second kappa shape index (κ2) is 4.36. The van der Waals surface area contributed by atoms with Crippen LogP contribution in [-0.2, 0) is 5.54 Å². The zero-order valence-electron chi connectivity index (χ0n) is 12.2. The van der Waals surface area contributed by atoms with Crippen LogP contribution in [0.1, 0.15) is 24.5 Å².